The second kappa shape index (κ2) is 7.79. The van der Waals surface area contributed by atoms with Crippen LogP contribution in [0, 0.1) is 12.8 Å². The van der Waals surface area contributed by atoms with Crippen molar-refractivity contribution in [1.82, 2.24) is 15.0 Å². The summed E-state index contributed by atoms with van der Waals surface area (Å²) in [6.07, 6.45) is 1.52. The molecule has 0 unspecified atom stereocenters. The molecule has 0 radical (unpaired) electrons. The zero-order valence-corrected chi connectivity index (χ0v) is 16.9. The van der Waals surface area contributed by atoms with Gasteiger partial charge in [0.2, 0.25) is 15.9 Å². The van der Waals surface area contributed by atoms with Crippen LogP contribution < -0.4 is 10.0 Å². The van der Waals surface area contributed by atoms with E-state index in [1.165, 1.54) is 23.7 Å². The molecule has 0 aliphatic rings. The van der Waals surface area contributed by atoms with Crippen molar-refractivity contribution in [2.24, 2.45) is 5.92 Å². The van der Waals surface area contributed by atoms with Gasteiger partial charge in [0.05, 0.1) is 32.9 Å². The highest BCUT2D eigenvalue weighted by atomic mass is 32.2. The molecule has 0 spiro atoms. The van der Waals surface area contributed by atoms with E-state index in [2.05, 4.69) is 15.0 Å². The third kappa shape index (κ3) is 4.55. The van der Waals surface area contributed by atoms with Crippen LogP contribution in [-0.2, 0) is 21.4 Å². The van der Waals surface area contributed by atoms with Crippen molar-refractivity contribution in [3.63, 3.8) is 0 Å². The van der Waals surface area contributed by atoms with E-state index >= 15 is 0 Å². The van der Waals surface area contributed by atoms with Gasteiger partial charge in [-0.05, 0) is 43.2 Å². The average Bonchev–Trinajstić information content (AvgIpc) is 3.24. The summed E-state index contributed by atoms with van der Waals surface area (Å²) >= 11 is 1.43. The second-order valence-electron chi connectivity index (χ2n) is 6.50. The Bertz CT molecular complexity index is 1040. The molecule has 0 fully saturated rings. The summed E-state index contributed by atoms with van der Waals surface area (Å²) in [7, 11) is -3.86. The van der Waals surface area contributed by atoms with Gasteiger partial charge in [0.1, 0.15) is 11.8 Å². The first-order valence-corrected chi connectivity index (χ1v) is 10.8. The Kier molecular flexibility index (Phi) is 5.64. The van der Waals surface area contributed by atoms with Crippen LogP contribution in [0.15, 0.2) is 45.9 Å². The van der Waals surface area contributed by atoms with Crippen molar-refractivity contribution in [3.8, 4) is 0 Å². The molecule has 7 nitrogen and oxygen atoms in total. The number of nitrogens with zero attached hydrogens (tertiary/aromatic N) is 1. The van der Waals surface area contributed by atoms with Gasteiger partial charge in [0.25, 0.3) is 0 Å². The molecule has 2 N–H and O–H groups in total. The Morgan fingerprint density at radius 1 is 1.30 bits per heavy atom. The molecule has 0 saturated carbocycles. The molecule has 0 bridgehead atoms. The normalized spacial score (nSPS) is 13.2. The van der Waals surface area contributed by atoms with E-state index in [4.69, 9.17) is 4.42 Å². The number of hydrogen-bond acceptors (Lipinski definition) is 6. The van der Waals surface area contributed by atoms with Gasteiger partial charge in [-0.15, -0.1) is 11.3 Å². The van der Waals surface area contributed by atoms with E-state index in [1.807, 2.05) is 6.92 Å². The van der Waals surface area contributed by atoms with Crippen molar-refractivity contribution >= 4 is 37.5 Å². The average molecular weight is 408 g/mol. The summed E-state index contributed by atoms with van der Waals surface area (Å²) in [6, 6.07) is 7.32. The Balaban J connectivity index is 1.77. The van der Waals surface area contributed by atoms with E-state index in [-0.39, 0.29) is 17.4 Å². The summed E-state index contributed by atoms with van der Waals surface area (Å²) in [5.74, 6) is -0.0369. The van der Waals surface area contributed by atoms with Crippen LogP contribution in [0.1, 0.15) is 24.6 Å². The number of aromatic nitrogens is 1. The van der Waals surface area contributed by atoms with Crippen LogP contribution in [0.5, 0.6) is 0 Å². The monoisotopic (exact) mass is 407 g/mol. The number of benzene rings is 1. The molecule has 0 aliphatic carbocycles. The maximum atomic E-state index is 12.8. The van der Waals surface area contributed by atoms with Gasteiger partial charge < -0.3 is 9.73 Å². The van der Waals surface area contributed by atoms with Gasteiger partial charge in [-0.2, -0.15) is 4.72 Å². The fourth-order valence-corrected chi connectivity index (χ4v) is 4.92. The number of rotatable bonds is 7. The lowest BCUT2D eigenvalue weighted by Gasteiger charge is -2.21. The van der Waals surface area contributed by atoms with Crippen LogP contribution in [-0.4, -0.2) is 25.4 Å². The summed E-state index contributed by atoms with van der Waals surface area (Å²) in [6.45, 7) is 5.64. The lowest BCUT2D eigenvalue weighted by molar-refractivity contribution is -0.123. The summed E-state index contributed by atoms with van der Waals surface area (Å²) in [5.41, 5.74) is 0.757. The first-order chi connectivity index (χ1) is 12.8. The predicted molar refractivity (Wildman–Crippen MR) is 104 cm³/mol. The topological polar surface area (TPSA) is 101 Å². The van der Waals surface area contributed by atoms with Crippen LogP contribution >= 0.6 is 11.3 Å². The molecule has 0 aliphatic heterocycles. The minimum atomic E-state index is -3.86. The molecule has 2 heterocycles. The molecule has 1 aromatic carbocycles. The van der Waals surface area contributed by atoms with E-state index < -0.39 is 22.0 Å². The van der Waals surface area contributed by atoms with Crippen molar-refractivity contribution < 1.29 is 17.6 Å². The van der Waals surface area contributed by atoms with E-state index in [0.29, 0.717) is 5.76 Å². The Hall–Kier alpha value is -2.23. The van der Waals surface area contributed by atoms with Crippen molar-refractivity contribution in [2.75, 3.05) is 0 Å². The zero-order valence-electron chi connectivity index (χ0n) is 15.2. The van der Waals surface area contributed by atoms with Gasteiger partial charge in [0.15, 0.2) is 0 Å². The maximum absolute atomic E-state index is 12.8. The van der Waals surface area contributed by atoms with Crippen LogP contribution in [0.4, 0.5) is 0 Å². The molecular weight excluding hydrogens is 386 g/mol. The van der Waals surface area contributed by atoms with Crippen LogP contribution in [0.3, 0.4) is 0 Å². The number of sulfonamides is 1. The Labute approximate surface area is 161 Å². The number of amides is 1. The summed E-state index contributed by atoms with van der Waals surface area (Å²) in [5, 5.41) is 3.57. The molecule has 1 amide bonds. The van der Waals surface area contributed by atoms with Crippen molar-refractivity contribution in [1.29, 1.82) is 0 Å². The minimum absolute atomic E-state index is 0.114. The van der Waals surface area contributed by atoms with E-state index in [9.17, 15) is 13.2 Å². The number of nitrogens with one attached hydrogen (secondary N) is 2. The third-order valence-electron chi connectivity index (χ3n) is 4.03. The first-order valence-electron chi connectivity index (χ1n) is 8.46. The Morgan fingerprint density at radius 2 is 2.07 bits per heavy atom. The molecule has 3 aromatic rings. The number of thiazole rings is 1. The molecule has 1 atom stereocenters. The lowest BCUT2D eigenvalue weighted by Crippen LogP contribution is -2.49. The van der Waals surface area contributed by atoms with Gasteiger partial charge in [0, 0.05) is 0 Å². The van der Waals surface area contributed by atoms with Crippen molar-refractivity contribution in [3.05, 3.63) is 47.4 Å². The lowest BCUT2D eigenvalue weighted by atomic mass is 10.1. The van der Waals surface area contributed by atoms with E-state index in [1.54, 1.807) is 38.1 Å². The second-order valence-corrected chi connectivity index (χ2v) is 9.45. The third-order valence-corrected chi connectivity index (χ3v) is 6.40. The quantitative estimate of drug-likeness (QED) is 0.627. The van der Waals surface area contributed by atoms with Crippen LogP contribution in [0.2, 0.25) is 0 Å². The molecule has 27 heavy (non-hydrogen) atoms. The predicted octanol–water partition coefficient (Wildman–Crippen LogP) is 2.82. The number of hydrogen-bond donors (Lipinski definition) is 2. The number of carbonyl (C=O) groups excluding carboxylic acids is 1. The van der Waals surface area contributed by atoms with Gasteiger partial charge in [-0.25, -0.2) is 13.4 Å². The molecule has 9 heteroatoms. The fraction of sp³-hybridized carbons (Fsp3) is 0.333. The summed E-state index contributed by atoms with van der Waals surface area (Å²) in [4.78, 5) is 17.0. The van der Waals surface area contributed by atoms with Crippen LogP contribution in [0.25, 0.3) is 10.2 Å². The van der Waals surface area contributed by atoms with Gasteiger partial charge in [-0.3, -0.25) is 4.79 Å². The number of carbonyl (C=O) groups is 1. The maximum Gasteiger partial charge on any atom is 0.241 e. The van der Waals surface area contributed by atoms with E-state index in [0.717, 1.165) is 15.2 Å². The molecule has 144 valence electrons. The smallest absolute Gasteiger partial charge is 0.241 e. The highest BCUT2D eigenvalue weighted by Gasteiger charge is 2.28. The zero-order chi connectivity index (χ0) is 19.6. The minimum Gasteiger partial charge on any atom is -0.467 e. The SMILES string of the molecule is Cc1nc2ccc(S(=O)(=O)N[C@H](C(=O)NCc3ccco3)C(C)C)cc2s1. The molecular formula is C18H21N3O4S2. The molecule has 2 aromatic heterocycles. The molecule has 3 rings (SSSR count). The highest BCUT2D eigenvalue weighted by molar-refractivity contribution is 7.89. The Morgan fingerprint density at radius 3 is 2.74 bits per heavy atom. The number of furan rings is 1. The molecule has 0 saturated heterocycles. The van der Waals surface area contributed by atoms with Gasteiger partial charge >= 0.3 is 0 Å². The van der Waals surface area contributed by atoms with Crippen molar-refractivity contribution in [2.45, 2.75) is 38.3 Å². The number of fused-ring (bicyclic) bond motifs is 1. The standard InChI is InChI=1S/C18H21N3O4S2/c1-11(2)17(18(22)19-10-13-5-4-8-25-13)21-27(23,24)14-6-7-15-16(9-14)26-12(3)20-15/h4-9,11,17,21H,10H2,1-3H3,(H,19,22)/t17-/m0/s1. The first kappa shape index (κ1) is 19.5. The summed E-state index contributed by atoms with van der Waals surface area (Å²) < 4.78 is 34.1. The highest BCUT2D eigenvalue weighted by Crippen LogP contribution is 2.25. The fourth-order valence-electron chi connectivity index (χ4n) is 2.61. The largest absolute Gasteiger partial charge is 0.467 e. The van der Waals surface area contributed by atoms with Gasteiger partial charge in [-0.1, -0.05) is 13.8 Å². The number of aryl methyl sites for hydroxylation is 1.